The first kappa shape index (κ1) is 13.9. The zero-order chi connectivity index (χ0) is 14.0. The molecule has 3 heteroatoms. The lowest BCUT2D eigenvalue weighted by atomic mass is 9.83. The van der Waals surface area contributed by atoms with Gasteiger partial charge in [0, 0.05) is 23.2 Å². The maximum absolute atomic E-state index is 4.42. The van der Waals surface area contributed by atoms with Crippen LogP contribution in [0.2, 0.25) is 0 Å². The maximum Gasteiger partial charge on any atom is 0.0725 e. The molecular formula is C16H23N3. The lowest BCUT2D eigenvalue weighted by molar-refractivity contribution is 0.278. The van der Waals surface area contributed by atoms with E-state index in [0.29, 0.717) is 6.04 Å². The number of hydrogen-bond acceptors (Lipinski definition) is 3. The van der Waals surface area contributed by atoms with Gasteiger partial charge in [0.05, 0.1) is 11.4 Å². The minimum absolute atomic E-state index is 0.197. The molecule has 1 heterocycles. The number of nitrogens with one attached hydrogen (secondary N) is 1. The molecule has 0 saturated carbocycles. The van der Waals surface area contributed by atoms with Crippen LogP contribution < -0.4 is 5.32 Å². The SMILES string of the molecule is CNC(Cc1nnc(C)c2ccccc12)C(C)(C)C. The van der Waals surface area contributed by atoms with Crippen molar-refractivity contribution in [3.05, 3.63) is 35.7 Å². The average molecular weight is 257 g/mol. The van der Waals surface area contributed by atoms with Gasteiger partial charge in [-0.2, -0.15) is 10.2 Å². The highest BCUT2D eigenvalue weighted by Crippen LogP contribution is 2.25. The second-order valence-corrected chi connectivity index (χ2v) is 6.19. The van der Waals surface area contributed by atoms with Crippen LogP contribution >= 0.6 is 0 Å². The van der Waals surface area contributed by atoms with E-state index in [2.05, 4.69) is 60.6 Å². The molecule has 1 unspecified atom stereocenters. The molecule has 0 bridgehead atoms. The summed E-state index contributed by atoms with van der Waals surface area (Å²) in [4.78, 5) is 0. The summed E-state index contributed by atoms with van der Waals surface area (Å²) in [5.41, 5.74) is 2.27. The summed E-state index contributed by atoms with van der Waals surface area (Å²) in [5.74, 6) is 0. The van der Waals surface area contributed by atoms with Gasteiger partial charge in [0.15, 0.2) is 0 Å². The van der Waals surface area contributed by atoms with Crippen molar-refractivity contribution in [2.24, 2.45) is 5.41 Å². The first-order valence-corrected chi connectivity index (χ1v) is 6.81. The molecule has 0 spiro atoms. The standard InChI is InChI=1S/C16H23N3/c1-11-12-8-6-7-9-13(12)14(19-18-11)10-15(17-5)16(2,3)4/h6-9,15,17H,10H2,1-5H3. The molecule has 0 aliphatic carbocycles. The topological polar surface area (TPSA) is 37.8 Å². The summed E-state index contributed by atoms with van der Waals surface area (Å²) in [6, 6.07) is 8.77. The van der Waals surface area contributed by atoms with Crippen LogP contribution in [-0.2, 0) is 6.42 Å². The number of benzene rings is 1. The highest BCUT2D eigenvalue weighted by molar-refractivity contribution is 5.86. The van der Waals surface area contributed by atoms with Gasteiger partial charge in [-0.3, -0.25) is 0 Å². The van der Waals surface area contributed by atoms with Crippen LogP contribution in [0.15, 0.2) is 24.3 Å². The molecule has 0 aliphatic heterocycles. The van der Waals surface area contributed by atoms with Crippen molar-refractivity contribution in [1.82, 2.24) is 15.5 Å². The van der Waals surface area contributed by atoms with Crippen molar-refractivity contribution in [3.63, 3.8) is 0 Å². The predicted octanol–water partition coefficient (Wildman–Crippen LogP) is 3.11. The van der Waals surface area contributed by atoms with E-state index in [1.807, 2.05) is 14.0 Å². The molecule has 0 radical (unpaired) electrons. The van der Waals surface area contributed by atoms with Gasteiger partial charge in [-0.1, -0.05) is 45.0 Å². The van der Waals surface area contributed by atoms with E-state index >= 15 is 0 Å². The van der Waals surface area contributed by atoms with Crippen molar-refractivity contribution in [1.29, 1.82) is 0 Å². The number of fused-ring (bicyclic) bond motifs is 1. The molecule has 3 nitrogen and oxygen atoms in total. The third kappa shape index (κ3) is 2.92. The fourth-order valence-electron chi connectivity index (χ4n) is 2.48. The quantitative estimate of drug-likeness (QED) is 0.918. The van der Waals surface area contributed by atoms with E-state index in [9.17, 15) is 0 Å². The first-order valence-electron chi connectivity index (χ1n) is 6.81. The van der Waals surface area contributed by atoms with Crippen LogP contribution in [-0.4, -0.2) is 23.3 Å². The average Bonchev–Trinajstić information content (AvgIpc) is 2.37. The summed E-state index contributed by atoms with van der Waals surface area (Å²) in [5, 5.41) is 14.5. The second kappa shape index (κ2) is 5.25. The van der Waals surface area contributed by atoms with Gasteiger partial charge in [0.25, 0.3) is 0 Å². The zero-order valence-corrected chi connectivity index (χ0v) is 12.5. The first-order chi connectivity index (χ1) is 8.93. The van der Waals surface area contributed by atoms with Crippen molar-refractivity contribution in [3.8, 4) is 0 Å². The molecule has 1 aromatic heterocycles. The highest BCUT2D eigenvalue weighted by Gasteiger charge is 2.24. The minimum atomic E-state index is 0.197. The van der Waals surface area contributed by atoms with Gasteiger partial charge < -0.3 is 5.32 Å². The Balaban J connectivity index is 2.44. The van der Waals surface area contributed by atoms with E-state index in [0.717, 1.165) is 17.8 Å². The fourth-order valence-corrected chi connectivity index (χ4v) is 2.48. The van der Waals surface area contributed by atoms with Crippen molar-refractivity contribution in [2.45, 2.75) is 40.2 Å². The van der Waals surface area contributed by atoms with Crippen molar-refractivity contribution >= 4 is 10.8 Å². The number of rotatable bonds is 3. The van der Waals surface area contributed by atoms with Gasteiger partial charge >= 0.3 is 0 Å². The lowest BCUT2D eigenvalue weighted by Gasteiger charge is -2.30. The molecule has 2 rings (SSSR count). The summed E-state index contributed by atoms with van der Waals surface area (Å²) in [6.45, 7) is 8.76. The predicted molar refractivity (Wildman–Crippen MR) is 80.3 cm³/mol. The fraction of sp³-hybridized carbons (Fsp3) is 0.500. The number of hydrogen-bond donors (Lipinski definition) is 1. The van der Waals surface area contributed by atoms with Crippen LogP contribution in [0.4, 0.5) is 0 Å². The summed E-state index contributed by atoms with van der Waals surface area (Å²) in [7, 11) is 2.01. The normalized spacial score (nSPS) is 13.7. The van der Waals surface area contributed by atoms with Crippen molar-refractivity contribution in [2.75, 3.05) is 7.05 Å². The Morgan fingerprint density at radius 2 is 1.74 bits per heavy atom. The van der Waals surface area contributed by atoms with E-state index < -0.39 is 0 Å². The Morgan fingerprint density at radius 3 is 2.32 bits per heavy atom. The molecular weight excluding hydrogens is 234 g/mol. The Kier molecular flexibility index (Phi) is 3.85. The van der Waals surface area contributed by atoms with Gasteiger partial charge in [0.2, 0.25) is 0 Å². The van der Waals surface area contributed by atoms with Crippen LogP contribution in [0.3, 0.4) is 0 Å². The van der Waals surface area contributed by atoms with Gasteiger partial charge in [-0.25, -0.2) is 0 Å². The van der Waals surface area contributed by atoms with Crippen LogP contribution in [0.5, 0.6) is 0 Å². The molecule has 2 aromatic rings. The Hall–Kier alpha value is -1.48. The smallest absolute Gasteiger partial charge is 0.0725 e. The number of aryl methyl sites for hydroxylation is 1. The van der Waals surface area contributed by atoms with E-state index in [-0.39, 0.29) is 5.41 Å². The Morgan fingerprint density at radius 1 is 1.11 bits per heavy atom. The Bertz CT molecular complexity index is 570. The summed E-state index contributed by atoms with van der Waals surface area (Å²) >= 11 is 0. The maximum atomic E-state index is 4.42. The second-order valence-electron chi connectivity index (χ2n) is 6.19. The molecule has 0 fully saturated rings. The molecule has 1 aromatic carbocycles. The number of nitrogens with zero attached hydrogens (tertiary/aromatic N) is 2. The molecule has 1 atom stereocenters. The minimum Gasteiger partial charge on any atom is -0.316 e. The third-order valence-corrected chi connectivity index (χ3v) is 3.74. The molecule has 0 saturated heterocycles. The Labute approximate surface area is 115 Å². The summed E-state index contributed by atoms with van der Waals surface area (Å²) in [6.07, 6.45) is 0.897. The van der Waals surface area contributed by atoms with Gasteiger partial charge in [0.1, 0.15) is 0 Å². The monoisotopic (exact) mass is 257 g/mol. The van der Waals surface area contributed by atoms with Crippen LogP contribution in [0, 0.1) is 12.3 Å². The largest absolute Gasteiger partial charge is 0.316 e. The van der Waals surface area contributed by atoms with Crippen molar-refractivity contribution < 1.29 is 0 Å². The molecule has 102 valence electrons. The van der Waals surface area contributed by atoms with E-state index in [1.165, 1.54) is 10.8 Å². The van der Waals surface area contributed by atoms with E-state index in [1.54, 1.807) is 0 Å². The highest BCUT2D eigenvalue weighted by atomic mass is 15.1. The molecule has 0 aliphatic rings. The van der Waals surface area contributed by atoms with E-state index in [4.69, 9.17) is 0 Å². The summed E-state index contributed by atoms with van der Waals surface area (Å²) < 4.78 is 0. The number of likely N-dealkylation sites (N-methyl/N-ethyl adjacent to an activating group) is 1. The van der Waals surface area contributed by atoms with Gasteiger partial charge in [-0.15, -0.1) is 0 Å². The third-order valence-electron chi connectivity index (χ3n) is 3.74. The molecule has 19 heavy (non-hydrogen) atoms. The van der Waals surface area contributed by atoms with Gasteiger partial charge in [-0.05, 0) is 19.4 Å². The van der Waals surface area contributed by atoms with Crippen LogP contribution in [0.25, 0.3) is 10.8 Å². The number of aromatic nitrogens is 2. The lowest BCUT2D eigenvalue weighted by Crippen LogP contribution is -2.40. The zero-order valence-electron chi connectivity index (χ0n) is 12.5. The van der Waals surface area contributed by atoms with Crippen LogP contribution in [0.1, 0.15) is 32.2 Å². The molecule has 1 N–H and O–H groups in total. The molecule has 0 amide bonds.